The number of nitrogens with two attached hydrogens (primary N) is 1. The molecule has 0 spiro atoms. The van der Waals surface area contributed by atoms with Crippen molar-refractivity contribution < 1.29 is 23.1 Å². The summed E-state index contributed by atoms with van der Waals surface area (Å²) in [5.74, 6) is -3.26. The van der Waals surface area contributed by atoms with E-state index in [9.17, 15) is 23.1 Å². The summed E-state index contributed by atoms with van der Waals surface area (Å²) < 4.78 is 41.9. The number of anilines is 1. The number of nitrogens with zero attached hydrogens (tertiary/aromatic N) is 1. The zero-order valence-electron chi connectivity index (χ0n) is 13.5. The Kier molecular flexibility index (Phi) is 4.30. The van der Waals surface area contributed by atoms with E-state index in [1.54, 1.807) is 6.92 Å². The first-order chi connectivity index (χ1) is 11.8. The van der Waals surface area contributed by atoms with Crippen LogP contribution in [0.3, 0.4) is 0 Å². The minimum absolute atomic E-state index is 0.118. The minimum atomic E-state index is -1.51. The molecular weight excluding hydrogens is 333 g/mol. The zero-order chi connectivity index (χ0) is 18.4. The molecule has 1 aliphatic heterocycles. The number of fused-ring (bicyclic) bond motifs is 1. The summed E-state index contributed by atoms with van der Waals surface area (Å²) in [6, 6.07) is 7.30. The molecule has 0 saturated carbocycles. The van der Waals surface area contributed by atoms with Crippen LogP contribution in [0.5, 0.6) is 0 Å². The van der Waals surface area contributed by atoms with Gasteiger partial charge in [0.25, 0.3) is 0 Å². The van der Waals surface area contributed by atoms with Gasteiger partial charge in [-0.1, -0.05) is 19.1 Å². The summed E-state index contributed by atoms with van der Waals surface area (Å²) in [6.45, 7) is 1.40. The second kappa shape index (κ2) is 6.16. The molecule has 3 N–H and O–H groups in total. The van der Waals surface area contributed by atoms with Crippen molar-refractivity contribution in [1.82, 2.24) is 0 Å². The number of β-amino-alcohol motifs (C(OH)–C–C–N with tert-alkyl or cyclic N) is 1. The highest BCUT2D eigenvalue weighted by Crippen LogP contribution is 2.49. The smallest absolute Gasteiger partial charge is 0.242 e. The van der Waals surface area contributed by atoms with Crippen LogP contribution in [0, 0.1) is 17.5 Å². The van der Waals surface area contributed by atoms with Gasteiger partial charge >= 0.3 is 0 Å². The molecule has 1 heterocycles. The highest BCUT2D eigenvalue weighted by atomic mass is 19.2. The van der Waals surface area contributed by atoms with Gasteiger partial charge < -0.3 is 15.7 Å². The third kappa shape index (κ3) is 2.51. The van der Waals surface area contributed by atoms with E-state index in [1.165, 1.54) is 18.2 Å². The van der Waals surface area contributed by atoms with Crippen LogP contribution in [-0.2, 0) is 10.2 Å². The number of carbonyl (C=O) groups excluding carboxylic acids is 1. The minimum Gasteiger partial charge on any atom is -0.377 e. The summed E-state index contributed by atoms with van der Waals surface area (Å²) in [4.78, 5) is 14.3. The molecule has 2 aromatic rings. The van der Waals surface area contributed by atoms with Crippen molar-refractivity contribution in [2.45, 2.75) is 25.0 Å². The highest BCUT2D eigenvalue weighted by Gasteiger charge is 2.53. The number of carbonyl (C=O) groups is 1. The lowest BCUT2D eigenvalue weighted by atomic mass is 9.73. The fraction of sp³-hybridized carbons (Fsp3) is 0.278. The van der Waals surface area contributed by atoms with Gasteiger partial charge in [0.2, 0.25) is 5.91 Å². The summed E-state index contributed by atoms with van der Waals surface area (Å²) in [6.07, 6.45) is -1.21. The number of hydrogen-bond donors (Lipinski definition) is 2. The standard InChI is InChI=1S/C18H17F3N2O2/c1-2-18(10-3-5-11(19)6-4-10)15-13(8-7-12(20)16(15)21)23(17(18)25)9-14(22)24/h3-8,14,24H,2,9,22H2,1H3/t14?,18-/m1/s1. The maximum Gasteiger partial charge on any atom is 0.242 e. The van der Waals surface area contributed by atoms with E-state index >= 15 is 0 Å². The SMILES string of the molecule is CC[C@]1(c2ccc(F)cc2)C(=O)N(CC(N)O)c2ccc(F)c(F)c21. The number of halogens is 3. The fourth-order valence-electron chi connectivity index (χ4n) is 3.52. The maximum absolute atomic E-state index is 14.7. The van der Waals surface area contributed by atoms with Crippen LogP contribution in [0.25, 0.3) is 0 Å². The van der Waals surface area contributed by atoms with Crippen LogP contribution in [-0.4, -0.2) is 23.8 Å². The van der Waals surface area contributed by atoms with Gasteiger partial charge in [0.15, 0.2) is 11.6 Å². The summed E-state index contributed by atoms with van der Waals surface area (Å²) >= 11 is 0. The third-order valence-electron chi connectivity index (χ3n) is 4.64. The number of benzene rings is 2. The van der Waals surface area contributed by atoms with Gasteiger partial charge in [0.05, 0.1) is 12.2 Å². The van der Waals surface area contributed by atoms with Crippen molar-refractivity contribution in [3.63, 3.8) is 0 Å². The van der Waals surface area contributed by atoms with Gasteiger partial charge in [-0.15, -0.1) is 0 Å². The molecule has 1 aliphatic rings. The Morgan fingerprint density at radius 2 is 1.80 bits per heavy atom. The lowest BCUT2D eigenvalue weighted by molar-refractivity contribution is -0.122. The molecule has 0 fully saturated rings. The van der Waals surface area contributed by atoms with Gasteiger partial charge in [-0.05, 0) is 36.2 Å². The molecule has 0 aliphatic carbocycles. The normalized spacial score (nSPS) is 20.7. The second-order valence-electron chi connectivity index (χ2n) is 6.00. The summed E-state index contributed by atoms with van der Waals surface area (Å²) in [5.41, 5.74) is 4.26. The Morgan fingerprint density at radius 1 is 1.16 bits per heavy atom. The van der Waals surface area contributed by atoms with Crippen LogP contribution in [0.15, 0.2) is 36.4 Å². The third-order valence-corrected chi connectivity index (χ3v) is 4.64. The first-order valence-electron chi connectivity index (χ1n) is 7.83. The molecule has 132 valence electrons. The molecule has 1 amide bonds. The Bertz CT molecular complexity index is 824. The molecule has 1 unspecified atom stereocenters. The van der Waals surface area contributed by atoms with Gasteiger partial charge in [-0.25, -0.2) is 13.2 Å². The van der Waals surface area contributed by atoms with E-state index in [0.29, 0.717) is 5.56 Å². The predicted octanol–water partition coefficient (Wildman–Crippen LogP) is 2.42. The molecule has 4 nitrogen and oxygen atoms in total. The first-order valence-corrected chi connectivity index (χ1v) is 7.83. The molecular formula is C18H17F3N2O2. The van der Waals surface area contributed by atoms with E-state index < -0.39 is 35.0 Å². The number of amides is 1. The van der Waals surface area contributed by atoms with Crippen LogP contribution < -0.4 is 10.6 Å². The second-order valence-corrected chi connectivity index (χ2v) is 6.00. The van der Waals surface area contributed by atoms with Gasteiger partial charge in [0, 0.05) is 5.56 Å². The molecule has 2 atom stereocenters. The van der Waals surface area contributed by atoms with Gasteiger partial charge in [-0.3, -0.25) is 4.79 Å². The van der Waals surface area contributed by atoms with Crippen LogP contribution in [0.1, 0.15) is 24.5 Å². The molecule has 25 heavy (non-hydrogen) atoms. The van der Waals surface area contributed by atoms with E-state index in [4.69, 9.17) is 5.73 Å². The molecule has 0 radical (unpaired) electrons. The van der Waals surface area contributed by atoms with Crippen LogP contribution >= 0.6 is 0 Å². The summed E-state index contributed by atoms with van der Waals surface area (Å²) in [7, 11) is 0. The molecule has 7 heteroatoms. The lowest BCUT2D eigenvalue weighted by Crippen LogP contribution is -2.45. The first kappa shape index (κ1) is 17.4. The quantitative estimate of drug-likeness (QED) is 0.833. The van der Waals surface area contributed by atoms with E-state index in [-0.39, 0.29) is 24.2 Å². The average molecular weight is 350 g/mol. The molecule has 0 aromatic heterocycles. The summed E-state index contributed by atoms with van der Waals surface area (Å²) in [5, 5.41) is 9.50. The number of aliphatic hydroxyl groups excluding tert-OH is 1. The van der Waals surface area contributed by atoms with E-state index in [2.05, 4.69) is 0 Å². The highest BCUT2D eigenvalue weighted by molar-refractivity contribution is 6.10. The number of rotatable bonds is 4. The van der Waals surface area contributed by atoms with Crippen LogP contribution in [0.2, 0.25) is 0 Å². The Balaban J connectivity index is 2.31. The monoisotopic (exact) mass is 350 g/mol. The molecule has 0 bridgehead atoms. The number of aliphatic hydroxyl groups is 1. The Hall–Kier alpha value is -2.38. The fourth-order valence-corrected chi connectivity index (χ4v) is 3.52. The van der Waals surface area contributed by atoms with Crippen molar-refractivity contribution in [2.24, 2.45) is 5.73 Å². The largest absolute Gasteiger partial charge is 0.377 e. The Morgan fingerprint density at radius 3 is 2.36 bits per heavy atom. The molecule has 2 aromatic carbocycles. The number of hydrogen-bond acceptors (Lipinski definition) is 3. The average Bonchev–Trinajstić information content (AvgIpc) is 2.81. The van der Waals surface area contributed by atoms with Gasteiger partial charge in [-0.2, -0.15) is 0 Å². The van der Waals surface area contributed by atoms with Crippen molar-refractivity contribution in [3.8, 4) is 0 Å². The molecule has 0 saturated heterocycles. The van der Waals surface area contributed by atoms with E-state index in [0.717, 1.165) is 23.1 Å². The van der Waals surface area contributed by atoms with Crippen molar-refractivity contribution >= 4 is 11.6 Å². The van der Waals surface area contributed by atoms with Crippen molar-refractivity contribution in [1.29, 1.82) is 0 Å². The van der Waals surface area contributed by atoms with E-state index in [1.807, 2.05) is 0 Å². The van der Waals surface area contributed by atoms with Crippen molar-refractivity contribution in [3.05, 3.63) is 65.0 Å². The van der Waals surface area contributed by atoms with Gasteiger partial charge in [0.1, 0.15) is 17.5 Å². The Labute approximate surface area is 142 Å². The molecule has 3 rings (SSSR count). The maximum atomic E-state index is 14.7. The van der Waals surface area contributed by atoms with Crippen LogP contribution in [0.4, 0.5) is 18.9 Å². The topological polar surface area (TPSA) is 66.6 Å². The zero-order valence-corrected chi connectivity index (χ0v) is 13.5. The predicted molar refractivity (Wildman–Crippen MR) is 86.4 cm³/mol. The van der Waals surface area contributed by atoms with Crippen molar-refractivity contribution in [2.75, 3.05) is 11.4 Å². The lowest BCUT2D eigenvalue weighted by Gasteiger charge is -2.28.